The highest BCUT2D eigenvalue weighted by Gasteiger charge is 2.13. The number of carbonyl (C=O) groups excluding carboxylic acids is 1. The Morgan fingerprint density at radius 2 is 1.65 bits per heavy atom. The summed E-state index contributed by atoms with van der Waals surface area (Å²) in [6.07, 6.45) is 0. The molecule has 0 aromatic heterocycles. The summed E-state index contributed by atoms with van der Waals surface area (Å²) in [5, 5.41) is 0. The summed E-state index contributed by atoms with van der Waals surface area (Å²) in [4.78, 5) is 12.2. The Balaban J connectivity index is 2.49. The molecule has 0 unspecified atom stereocenters. The summed E-state index contributed by atoms with van der Waals surface area (Å²) >= 11 is 0. The van der Waals surface area contributed by atoms with E-state index in [-0.39, 0.29) is 5.78 Å². The lowest BCUT2D eigenvalue weighted by Crippen LogP contribution is -2.07. The van der Waals surface area contributed by atoms with E-state index in [1.54, 1.807) is 24.3 Å². The standard InChI is InChI=1S/C14H14N2O/c1-9-11(7-8-12(15)13(9)16)14(17)10-5-3-2-4-6-10/h2-8H,15-16H2,1H3. The van der Waals surface area contributed by atoms with Gasteiger partial charge in [-0.25, -0.2) is 0 Å². The first-order valence-corrected chi connectivity index (χ1v) is 5.35. The Hall–Kier alpha value is -2.29. The van der Waals surface area contributed by atoms with Crippen LogP contribution in [-0.4, -0.2) is 5.78 Å². The summed E-state index contributed by atoms with van der Waals surface area (Å²) in [6, 6.07) is 12.5. The van der Waals surface area contributed by atoms with Gasteiger partial charge in [0.15, 0.2) is 5.78 Å². The number of anilines is 2. The van der Waals surface area contributed by atoms with Gasteiger partial charge in [-0.2, -0.15) is 0 Å². The molecule has 17 heavy (non-hydrogen) atoms. The van der Waals surface area contributed by atoms with Gasteiger partial charge in [-0.1, -0.05) is 30.3 Å². The van der Waals surface area contributed by atoms with Crippen molar-refractivity contribution in [3.05, 3.63) is 59.2 Å². The molecule has 3 nitrogen and oxygen atoms in total. The average molecular weight is 226 g/mol. The van der Waals surface area contributed by atoms with Crippen LogP contribution in [0.2, 0.25) is 0 Å². The third-order valence-corrected chi connectivity index (χ3v) is 2.83. The third-order valence-electron chi connectivity index (χ3n) is 2.83. The Labute approximate surface area is 100 Å². The van der Waals surface area contributed by atoms with Crippen LogP contribution in [0.3, 0.4) is 0 Å². The summed E-state index contributed by atoms with van der Waals surface area (Å²) in [5.41, 5.74) is 14.5. The topological polar surface area (TPSA) is 69.1 Å². The van der Waals surface area contributed by atoms with Crippen molar-refractivity contribution in [1.82, 2.24) is 0 Å². The van der Waals surface area contributed by atoms with Gasteiger partial charge in [0.1, 0.15) is 0 Å². The summed E-state index contributed by atoms with van der Waals surface area (Å²) in [7, 11) is 0. The zero-order valence-electron chi connectivity index (χ0n) is 9.60. The highest BCUT2D eigenvalue weighted by molar-refractivity contribution is 6.11. The van der Waals surface area contributed by atoms with Crippen molar-refractivity contribution in [3.8, 4) is 0 Å². The first-order chi connectivity index (χ1) is 8.11. The number of carbonyl (C=O) groups is 1. The SMILES string of the molecule is Cc1c(C(=O)c2ccccc2)ccc(N)c1N. The van der Waals surface area contributed by atoms with Crippen LogP contribution in [0.4, 0.5) is 11.4 Å². The monoisotopic (exact) mass is 226 g/mol. The fraction of sp³-hybridized carbons (Fsp3) is 0.0714. The lowest BCUT2D eigenvalue weighted by Gasteiger charge is -2.09. The molecule has 86 valence electrons. The maximum atomic E-state index is 12.2. The minimum absolute atomic E-state index is 0.0326. The molecular weight excluding hydrogens is 212 g/mol. The van der Waals surface area contributed by atoms with E-state index >= 15 is 0 Å². The average Bonchev–Trinajstić information content (AvgIpc) is 2.36. The molecule has 2 aromatic rings. The van der Waals surface area contributed by atoms with E-state index in [1.165, 1.54) is 0 Å². The van der Waals surface area contributed by atoms with E-state index in [2.05, 4.69) is 0 Å². The fourth-order valence-electron chi connectivity index (χ4n) is 1.74. The Morgan fingerprint density at radius 3 is 2.29 bits per heavy atom. The van der Waals surface area contributed by atoms with Gasteiger partial charge >= 0.3 is 0 Å². The smallest absolute Gasteiger partial charge is 0.193 e. The van der Waals surface area contributed by atoms with Crippen LogP contribution in [0.1, 0.15) is 21.5 Å². The first-order valence-electron chi connectivity index (χ1n) is 5.35. The molecule has 0 saturated carbocycles. The van der Waals surface area contributed by atoms with Crippen molar-refractivity contribution in [2.24, 2.45) is 0 Å². The molecule has 0 bridgehead atoms. The highest BCUT2D eigenvalue weighted by Crippen LogP contribution is 2.24. The van der Waals surface area contributed by atoms with Crippen molar-refractivity contribution in [2.45, 2.75) is 6.92 Å². The lowest BCUT2D eigenvalue weighted by molar-refractivity contribution is 0.103. The quantitative estimate of drug-likeness (QED) is 0.610. The van der Waals surface area contributed by atoms with E-state index in [9.17, 15) is 4.79 Å². The first kappa shape index (κ1) is 11.2. The van der Waals surface area contributed by atoms with E-state index < -0.39 is 0 Å². The summed E-state index contributed by atoms with van der Waals surface area (Å²) in [5.74, 6) is -0.0326. The molecule has 2 rings (SSSR count). The van der Waals surface area contributed by atoms with Crippen molar-refractivity contribution >= 4 is 17.2 Å². The van der Waals surface area contributed by atoms with Crippen molar-refractivity contribution in [1.29, 1.82) is 0 Å². The number of hydrogen-bond donors (Lipinski definition) is 2. The van der Waals surface area contributed by atoms with Gasteiger partial charge in [0.2, 0.25) is 0 Å². The van der Waals surface area contributed by atoms with Gasteiger partial charge in [-0.15, -0.1) is 0 Å². The third kappa shape index (κ3) is 1.99. The molecule has 2 aromatic carbocycles. The zero-order valence-corrected chi connectivity index (χ0v) is 9.60. The molecule has 0 aliphatic carbocycles. The largest absolute Gasteiger partial charge is 0.397 e. The van der Waals surface area contributed by atoms with Crippen LogP contribution in [0.5, 0.6) is 0 Å². The van der Waals surface area contributed by atoms with Gasteiger partial charge in [0, 0.05) is 11.1 Å². The van der Waals surface area contributed by atoms with Gasteiger partial charge in [-0.3, -0.25) is 4.79 Å². The van der Waals surface area contributed by atoms with E-state index in [0.717, 1.165) is 5.56 Å². The second-order valence-corrected chi connectivity index (χ2v) is 3.94. The Morgan fingerprint density at radius 1 is 1.00 bits per heavy atom. The van der Waals surface area contributed by atoms with Gasteiger partial charge in [0.05, 0.1) is 11.4 Å². The Bertz CT molecular complexity index is 562. The summed E-state index contributed by atoms with van der Waals surface area (Å²) in [6.45, 7) is 1.81. The molecule has 0 aliphatic heterocycles. The number of ketones is 1. The predicted octanol–water partition coefficient (Wildman–Crippen LogP) is 2.39. The number of hydrogen-bond acceptors (Lipinski definition) is 3. The molecule has 0 spiro atoms. The van der Waals surface area contributed by atoms with Crippen LogP contribution in [0.15, 0.2) is 42.5 Å². The second kappa shape index (κ2) is 4.29. The molecule has 0 heterocycles. The van der Waals surface area contributed by atoms with Crippen LogP contribution in [-0.2, 0) is 0 Å². The maximum Gasteiger partial charge on any atom is 0.193 e. The number of rotatable bonds is 2. The maximum absolute atomic E-state index is 12.2. The molecule has 0 radical (unpaired) electrons. The number of benzene rings is 2. The van der Waals surface area contributed by atoms with Crippen LogP contribution >= 0.6 is 0 Å². The van der Waals surface area contributed by atoms with Crippen LogP contribution < -0.4 is 11.5 Å². The van der Waals surface area contributed by atoms with Gasteiger partial charge in [0.25, 0.3) is 0 Å². The van der Waals surface area contributed by atoms with Crippen molar-refractivity contribution in [2.75, 3.05) is 11.5 Å². The Kier molecular flexibility index (Phi) is 2.83. The van der Waals surface area contributed by atoms with Gasteiger partial charge in [-0.05, 0) is 24.6 Å². The minimum Gasteiger partial charge on any atom is -0.397 e. The second-order valence-electron chi connectivity index (χ2n) is 3.94. The van der Waals surface area contributed by atoms with Crippen LogP contribution in [0, 0.1) is 6.92 Å². The minimum atomic E-state index is -0.0326. The number of nitrogen functional groups attached to an aromatic ring is 2. The normalized spacial score (nSPS) is 10.2. The molecular formula is C14H14N2O. The highest BCUT2D eigenvalue weighted by atomic mass is 16.1. The zero-order chi connectivity index (χ0) is 12.4. The molecule has 0 atom stereocenters. The number of nitrogens with two attached hydrogens (primary N) is 2. The molecule has 0 aliphatic rings. The van der Waals surface area contributed by atoms with Crippen molar-refractivity contribution < 1.29 is 4.79 Å². The van der Waals surface area contributed by atoms with E-state index in [4.69, 9.17) is 11.5 Å². The lowest BCUT2D eigenvalue weighted by atomic mass is 9.97. The van der Waals surface area contributed by atoms with Crippen molar-refractivity contribution in [3.63, 3.8) is 0 Å². The molecule has 0 amide bonds. The van der Waals surface area contributed by atoms with Gasteiger partial charge < -0.3 is 11.5 Å². The van der Waals surface area contributed by atoms with E-state index in [1.807, 2.05) is 25.1 Å². The molecule has 0 fully saturated rings. The van der Waals surface area contributed by atoms with Crippen LogP contribution in [0.25, 0.3) is 0 Å². The predicted molar refractivity (Wildman–Crippen MR) is 69.9 cm³/mol. The molecule has 4 N–H and O–H groups in total. The molecule has 3 heteroatoms. The fourth-order valence-corrected chi connectivity index (χ4v) is 1.74. The summed E-state index contributed by atoms with van der Waals surface area (Å²) < 4.78 is 0. The molecule has 0 saturated heterocycles. The van der Waals surface area contributed by atoms with E-state index in [0.29, 0.717) is 22.5 Å².